The summed E-state index contributed by atoms with van der Waals surface area (Å²) in [5.41, 5.74) is 3.16. The Labute approximate surface area is 212 Å². The summed E-state index contributed by atoms with van der Waals surface area (Å²) in [5, 5.41) is 5.68. The third-order valence-corrected chi connectivity index (χ3v) is 8.84. The van der Waals surface area contributed by atoms with E-state index in [-0.39, 0.29) is 12.1 Å². The minimum absolute atomic E-state index is 0.239. The van der Waals surface area contributed by atoms with Gasteiger partial charge in [0.1, 0.15) is 6.61 Å². The standard InChI is InChI=1S/C27H32Cl3NO2/c1-25-9-18-10-26(2,14-25)16-27(11-18,15-25)31-12-17-6-22(30)24(23(7-17)32-3)33-13-19-4-5-20(28)8-21(19)29/h4-8,18,31H,9-16H2,1-3H3. The number of hydrogen-bond acceptors (Lipinski definition) is 3. The SMILES string of the molecule is COc1cc(CNC23CC4CC(C)(CC(C)(C4)C2)C3)cc(Cl)c1OCc1ccc(Cl)cc1Cl. The van der Waals surface area contributed by atoms with Crippen molar-refractivity contribution in [2.75, 3.05) is 7.11 Å². The third kappa shape index (κ3) is 4.72. The van der Waals surface area contributed by atoms with Crippen LogP contribution in [-0.4, -0.2) is 12.6 Å². The predicted molar refractivity (Wildman–Crippen MR) is 136 cm³/mol. The molecule has 2 aromatic carbocycles. The van der Waals surface area contributed by atoms with Crippen LogP contribution in [0.4, 0.5) is 0 Å². The fourth-order valence-corrected chi connectivity index (χ4v) is 8.49. The van der Waals surface area contributed by atoms with E-state index < -0.39 is 0 Å². The molecular formula is C27H32Cl3NO2. The summed E-state index contributed by atoms with van der Waals surface area (Å²) < 4.78 is 11.7. The van der Waals surface area contributed by atoms with Crippen LogP contribution in [0.3, 0.4) is 0 Å². The van der Waals surface area contributed by atoms with E-state index >= 15 is 0 Å². The zero-order chi connectivity index (χ0) is 23.4. The van der Waals surface area contributed by atoms with E-state index in [0.717, 1.165) is 23.6 Å². The van der Waals surface area contributed by atoms with Gasteiger partial charge in [-0.05, 0) is 85.1 Å². The van der Waals surface area contributed by atoms with Crippen molar-refractivity contribution in [1.82, 2.24) is 5.32 Å². The smallest absolute Gasteiger partial charge is 0.180 e. The normalized spacial score (nSPS) is 32.2. The third-order valence-electron chi connectivity index (χ3n) is 7.97. The molecule has 4 fully saturated rings. The van der Waals surface area contributed by atoms with Crippen LogP contribution in [0, 0.1) is 16.7 Å². The average Bonchev–Trinajstić information content (AvgIpc) is 2.69. The van der Waals surface area contributed by atoms with Gasteiger partial charge >= 0.3 is 0 Å². The quantitative estimate of drug-likeness (QED) is 0.410. The summed E-state index contributed by atoms with van der Waals surface area (Å²) in [5.74, 6) is 2.02. The van der Waals surface area contributed by atoms with Crippen LogP contribution in [0.15, 0.2) is 30.3 Å². The van der Waals surface area contributed by atoms with Gasteiger partial charge in [0, 0.05) is 27.7 Å². The van der Waals surface area contributed by atoms with Crippen LogP contribution < -0.4 is 14.8 Å². The predicted octanol–water partition coefficient (Wildman–Crippen LogP) is 8.07. The van der Waals surface area contributed by atoms with E-state index in [9.17, 15) is 0 Å². The maximum absolute atomic E-state index is 6.66. The Bertz CT molecular complexity index is 1050. The number of methoxy groups -OCH3 is 1. The van der Waals surface area contributed by atoms with Crippen LogP contribution in [-0.2, 0) is 13.2 Å². The average molecular weight is 509 g/mol. The van der Waals surface area contributed by atoms with Gasteiger partial charge in [0.05, 0.1) is 12.1 Å². The number of benzene rings is 2. The molecule has 2 atom stereocenters. The molecule has 6 heteroatoms. The number of rotatable bonds is 7. The molecule has 0 radical (unpaired) electrons. The summed E-state index contributed by atoms with van der Waals surface area (Å²) in [6, 6.07) is 9.38. The number of halogens is 3. The monoisotopic (exact) mass is 507 g/mol. The summed E-state index contributed by atoms with van der Waals surface area (Å²) in [6.45, 7) is 6.07. The van der Waals surface area contributed by atoms with Gasteiger partial charge < -0.3 is 14.8 Å². The van der Waals surface area contributed by atoms with Crippen molar-refractivity contribution < 1.29 is 9.47 Å². The van der Waals surface area contributed by atoms with Crippen molar-refractivity contribution in [3.63, 3.8) is 0 Å². The van der Waals surface area contributed by atoms with E-state index in [4.69, 9.17) is 44.3 Å². The fourth-order valence-electron chi connectivity index (χ4n) is 7.74. The first kappa shape index (κ1) is 23.6. The van der Waals surface area contributed by atoms with E-state index in [1.165, 1.54) is 38.5 Å². The molecule has 33 heavy (non-hydrogen) atoms. The van der Waals surface area contributed by atoms with Crippen molar-refractivity contribution in [2.45, 2.75) is 71.1 Å². The highest BCUT2D eigenvalue weighted by atomic mass is 35.5. The second-order valence-corrected chi connectivity index (χ2v) is 12.6. The van der Waals surface area contributed by atoms with Crippen molar-refractivity contribution >= 4 is 34.8 Å². The van der Waals surface area contributed by atoms with Crippen molar-refractivity contribution in [3.8, 4) is 11.5 Å². The molecule has 4 aliphatic rings. The molecule has 2 unspecified atom stereocenters. The first-order valence-corrected chi connectivity index (χ1v) is 12.9. The van der Waals surface area contributed by atoms with Crippen LogP contribution in [0.25, 0.3) is 0 Å². The van der Waals surface area contributed by atoms with Gasteiger partial charge in [0.25, 0.3) is 0 Å². The van der Waals surface area contributed by atoms with E-state index in [1.807, 2.05) is 18.2 Å². The van der Waals surface area contributed by atoms with Gasteiger partial charge in [-0.15, -0.1) is 0 Å². The van der Waals surface area contributed by atoms with E-state index in [0.29, 0.717) is 37.4 Å². The molecule has 0 spiro atoms. The molecule has 0 aromatic heterocycles. The fraction of sp³-hybridized carbons (Fsp3) is 0.556. The Hall–Kier alpha value is -1.13. The van der Waals surface area contributed by atoms with Crippen LogP contribution in [0.1, 0.15) is 63.5 Å². The number of nitrogens with one attached hydrogen (secondary N) is 1. The Kier molecular flexibility index (Phi) is 6.09. The largest absolute Gasteiger partial charge is 0.493 e. The highest BCUT2D eigenvalue weighted by Crippen LogP contribution is 2.66. The highest BCUT2D eigenvalue weighted by Gasteiger charge is 2.59. The minimum Gasteiger partial charge on any atom is -0.493 e. The van der Waals surface area contributed by atoms with Gasteiger partial charge in [0.2, 0.25) is 0 Å². The molecular weight excluding hydrogens is 477 g/mol. The molecule has 178 valence electrons. The summed E-state index contributed by atoms with van der Waals surface area (Å²) in [7, 11) is 1.64. The van der Waals surface area contributed by atoms with Gasteiger partial charge in [-0.1, -0.05) is 54.7 Å². The zero-order valence-corrected chi connectivity index (χ0v) is 21.8. The number of hydrogen-bond donors (Lipinski definition) is 1. The minimum atomic E-state index is 0.239. The van der Waals surface area contributed by atoms with Gasteiger partial charge in [-0.25, -0.2) is 0 Å². The van der Waals surface area contributed by atoms with Crippen LogP contribution in [0.2, 0.25) is 15.1 Å². The lowest BCUT2D eigenvalue weighted by Crippen LogP contribution is -2.63. The highest BCUT2D eigenvalue weighted by molar-refractivity contribution is 6.35. The lowest BCUT2D eigenvalue weighted by molar-refractivity contribution is -0.118. The Morgan fingerprint density at radius 1 is 0.939 bits per heavy atom. The lowest BCUT2D eigenvalue weighted by atomic mass is 9.43. The van der Waals surface area contributed by atoms with Crippen molar-refractivity contribution in [2.24, 2.45) is 16.7 Å². The zero-order valence-electron chi connectivity index (χ0n) is 19.6. The van der Waals surface area contributed by atoms with Crippen molar-refractivity contribution in [3.05, 3.63) is 56.5 Å². The second-order valence-electron chi connectivity index (χ2n) is 11.4. The molecule has 4 bridgehead atoms. The molecule has 0 heterocycles. The molecule has 4 saturated carbocycles. The molecule has 2 aromatic rings. The Balaban J connectivity index is 1.30. The van der Waals surface area contributed by atoms with Gasteiger partial charge in [-0.2, -0.15) is 0 Å². The van der Waals surface area contributed by atoms with Gasteiger partial charge in [0.15, 0.2) is 11.5 Å². The lowest BCUT2D eigenvalue weighted by Gasteiger charge is -2.65. The number of ether oxygens (including phenoxy) is 2. The molecule has 4 aliphatic carbocycles. The maximum atomic E-state index is 6.66. The topological polar surface area (TPSA) is 30.5 Å². The first-order chi connectivity index (χ1) is 15.6. The first-order valence-electron chi connectivity index (χ1n) is 11.8. The van der Waals surface area contributed by atoms with E-state index in [2.05, 4.69) is 19.2 Å². The maximum Gasteiger partial charge on any atom is 0.180 e. The summed E-state index contributed by atoms with van der Waals surface area (Å²) in [6.07, 6.45) is 8.03. The van der Waals surface area contributed by atoms with E-state index in [1.54, 1.807) is 19.2 Å². The summed E-state index contributed by atoms with van der Waals surface area (Å²) >= 11 is 18.9. The second kappa shape index (κ2) is 8.52. The molecule has 0 amide bonds. The Morgan fingerprint density at radius 3 is 2.30 bits per heavy atom. The van der Waals surface area contributed by atoms with Crippen LogP contribution in [0.5, 0.6) is 11.5 Å². The molecule has 3 nitrogen and oxygen atoms in total. The molecule has 6 rings (SSSR count). The van der Waals surface area contributed by atoms with Crippen LogP contribution >= 0.6 is 34.8 Å². The molecule has 0 aliphatic heterocycles. The molecule has 0 saturated heterocycles. The molecule has 1 N–H and O–H groups in total. The van der Waals surface area contributed by atoms with Gasteiger partial charge in [-0.3, -0.25) is 0 Å². The Morgan fingerprint density at radius 2 is 1.67 bits per heavy atom. The summed E-state index contributed by atoms with van der Waals surface area (Å²) in [4.78, 5) is 0. The van der Waals surface area contributed by atoms with Crippen molar-refractivity contribution in [1.29, 1.82) is 0 Å².